The number of hydrogen-bond donors (Lipinski definition) is 2. The second-order valence-corrected chi connectivity index (χ2v) is 6.18. The molecule has 1 unspecified atom stereocenters. The highest BCUT2D eigenvalue weighted by molar-refractivity contribution is 7.99. The van der Waals surface area contributed by atoms with E-state index in [4.69, 9.17) is 4.74 Å². The van der Waals surface area contributed by atoms with E-state index in [2.05, 4.69) is 39.9 Å². The fourth-order valence-corrected chi connectivity index (χ4v) is 3.09. The van der Waals surface area contributed by atoms with Crippen LogP contribution >= 0.6 is 11.8 Å². The SMILES string of the molecule is CN=C(NCCSc1ccccc1)NCCC1CCCO1. The first-order chi connectivity index (χ1) is 10.4. The van der Waals surface area contributed by atoms with E-state index >= 15 is 0 Å². The molecule has 116 valence electrons. The van der Waals surface area contributed by atoms with E-state index in [1.165, 1.54) is 17.7 Å². The quantitative estimate of drug-likeness (QED) is 0.352. The summed E-state index contributed by atoms with van der Waals surface area (Å²) in [7, 11) is 1.81. The fraction of sp³-hybridized carbons (Fsp3) is 0.562. The van der Waals surface area contributed by atoms with Gasteiger partial charge in [-0.1, -0.05) is 18.2 Å². The van der Waals surface area contributed by atoms with Crippen LogP contribution in [-0.2, 0) is 4.74 Å². The largest absolute Gasteiger partial charge is 0.378 e. The van der Waals surface area contributed by atoms with E-state index in [1.807, 2.05) is 24.9 Å². The van der Waals surface area contributed by atoms with E-state index in [1.54, 1.807) is 0 Å². The van der Waals surface area contributed by atoms with Crippen molar-refractivity contribution in [1.82, 2.24) is 10.6 Å². The number of rotatable bonds is 7. The molecule has 0 bridgehead atoms. The molecule has 4 nitrogen and oxygen atoms in total. The zero-order chi connectivity index (χ0) is 14.8. The fourth-order valence-electron chi connectivity index (χ4n) is 2.30. The molecular formula is C16H25N3OS. The van der Waals surface area contributed by atoms with Crippen molar-refractivity contribution in [3.05, 3.63) is 30.3 Å². The van der Waals surface area contributed by atoms with Gasteiger partial charge >= 0.3 is 0 Å². The Balaban J connectivity index is 1.55. The first-order valence-electron chi connectivity index (χ1n) is 7.62. The topological polar surface area (TPSA) is 45.7 Å². The van der Waals surface area contributed by atoms with Crippen LogP contribution < -0.4 is 10.6 Å². The van der Waals surface area contributed by atoms with Gasteiger partial charge in [0.1, 0.15) is 0 Å². The molecule has 1 heterocycles. The Bertz CT molecular complexity index is 419. The van der Waals surface area contributed by atoms with Gasteiger partial charge in [0.15, 0.2) is 5.96 Å². The van der Waals surface area contributed by atoms with Gasteiger partial charge in [-0.15, -0.1) is 11.8 Å². The van der Waals surface area contributed by atoms with Gasteiger partial charge in [0.05, 0.1) is 6.10 Å². The maximum absolute atomic E-state index is 5.61. The highest BCUT2D eigenvalue weighted by Gasteiger charge is 2.14. The Morgan fingerprint density at radius 2 is 2.10 bits per heavy atom. The lowest BCUT2D eigenvalue weighted by Crippen LogP contribution is -2.39. The monoisotopic (exact) mass is 307 g/mol. The van der Waals surface area contributed by atoms with Crippen molar-refractivity contribution in [1.29, 1.82) is 0 Å². The molecule has 1 atom stereocenters. The number of hydrogen-bond acceptors (Lipinski definition) is 3. The van der Waals surface area contributed by atoms with Crippen molar-refractivity contribution >= 4 is 17.7 Å². The molecule has 0 saturated carbocycles. The molecule has 1 aromatic rings. The molecule has 2 N–H and O–H groups in total. The molecule has 1 aliphatic heterocycles. The third-order valence-electron chi connectivity index (χ3n) is 3.41. The molecule has 1 aliphatic rings. The molecule has 0 spiro atoms. The maximum Gasteiger partial charge on any atom is 0.191 e. The van der Waals surface area contributed by atoms with Crippen molar-refractivity contribution in [2.45, 2.75) is 30.3 Å². The molecule has 5 heteroatoms. The minimum Gasteiger partial charge on any atom is -0.378 e. The van der Waals surface area contributed by atoms with Gasteiger partial charge < -0.3 is 15.4 Å². The van der Waals surface area contributed by atoms with Crippen LogP contribution in [0.4, 0.5) is 0 Å². The molecule has 1 aromatic carbocycles. The molecule has 1 fully saturated rings. The summed E-state index contributed by atoms with van der Waals surface area (Å²) >= 11 is 1.85. The van der Waals surface area contributed by atoms with Crippen LogP contribution in [-0.4, -0.2) is 44.6 Å². The first-order valence-corrected chi connectivity index (χ1v) is 8.61. The van der Waals surface area contributed by atoms with Crippen LogP contribution in [0.1, 0.15) is 19.3 Å². The number of benzene rings is 1. The Labute approximate surface area is 131 Å². The number of nitrogens with one attached hydrogen (secondary N) is 2. The first kappa shape index (κ1) is 16.2. The zero-order valence-electron chi connectivity index (χ0n) is 12.7. The Morgan fingerprint density at radius 3 is 2.81 bits per heavy atom. The van der Waals surface area contributed by atoms with Gasteiger partial charge in [0.25, 0.3) is 0 Å². The van der Waals surface area contributed by atoms with Crippen molar-refractivity contribution in [2.24, 2.45) is 4.99 Å². The summed E-state index contributed by atoms with van der Waals surface area (Å²) < 4.78 is 5.61. The van der Waals surface area contributed by atoms with Crippen LogP contribution in [0.3, 0.4) is 0 Å². The van der Waals surface area contributed by atoms with Gasteiger partial charge in [-0.2, -0.15) is 0 Å². The van der Waals surface area contributed by atoms with Crippen molar-refractivity contribution in [2.75, 3.05) is 32.5 Å². The van der Waals surface area contributed by atoms with Crippen molar-refractivity contribution in [3.63, 3.8) is 0 Å². The van der Waals surface area contributed by atoms with E-state index in [9.17, 15) is 0 Å². The smallest absolute Gasteiger partial charge is 0.191 e. The summed E-state index contributed by atoms with van der Waals surface area (Å²) in [5.41, 5.74) is 0. The molecule has 0 radical (unpaired) electrons. The number of thioether (sulfide) groups is 1. The predicted molar refractivity (Wildman–Crippen MR) is 90.1 cm³/mol. The average Bonchev–Trinajstić information content (AvgIpc) is 3.04. The maximum atomic E-state index is 5.61. The summed E-state index contributed by atoms with van der Waals surface area (Å²) in [5, 5.41) is 6.69. The average molecular weight is 307 g/mol. The second-order valence-electron chi connectivity index (χ2n) is 5.01. The normalized spacial score (nSPS) is 18.7. The number of nitrogens with zero attached hydrogens (tertiary/aromatic N) is 1. The third kappa shape index (κ3) is 6.40. The lowest BCUT2D eigenvalue weighted by Gasteiger charge is -2.13. The van der Waals surface area contributed by atoms with Gasteiger partial charge in [-0.05, 0) is 31.4 Å². The summed E-state index contributed by atoms with van der Waals surface area (Å²) in [4.78, 5) is 5.55. The Hall–Kier alpha value is -1.20. The molecule has 21 heavy (non-hydrogen) atoms. The van der Waals surface area contributed by atoms with Gasteiger partial charge in [-0.3, -0.25) is 4.99 Å². The minimum atomic E-state index is 0.434. The molecule has 0 aliphatic carbocycles. The van der Waals surface area contributed by atoms with E-state index in [0.29, 0.717) is 6.10 Å². The summed E-state index contributed by atoms with van der Waals surface area (Å²) in [6, 6.07) is 10.5. The lowest BCUT2D eigenvalue weighted by atomic mass is 10.2. The van der Waals surface area contributed by atoms with E-state index in [-0.39, 0.29) is 0 Å². The van der Waals surface area contributed by atoms with Crippen molar-refractivity contribution in [3.8, 4) is 0 Å². The molecule has 0 amide bonds. The van der Waals surface area contributed by atoms with Crippen LogP contribution in [0.5, 0.6) is 0 Å². The summed E-state index contributed by atoms with van der Waals surface area (Å²) in [6.07, 6.45) is 3.89. The Morgan fingerprint density at radius 1 is 1.29 bits per heavy atom. The molecular weight excluding hydrogens is 282 g/mol. The van der Waals surface area contributed by atoms with Crippen LogP contribution in [0.15, 0.2) is 40.2 Å². The standard InChI is InChI=1S/C16H25N3OS/c1-17-16(18-10-9-14-6-5-12-20-14)19-11-13-21-15-7-3-2-4-8-15/h2-4,7-8,14H,5-6,9-13H2,1H3,(H2,17,18,19). The van der Waals surface area contributed by atoms with Crippen LogP contribution in [0.2, 0.25) is 0 Å². The summed E-state index contributed by atoms with van der Waals surface area (Å²) in [5.74, 6) is 1.90. The van der Waals surface area contributed by atoms with E-state index in [0.717, 1.165) is 37.8 Å². The third-order valence-corrected chi connectivity index (χ3v) is 4.43. The summed E-state index contributed by atoms with van der Waals surface area (Å²) in [6.45, 7) is 2.74. The van der Waals surface area contributed by atoms with Crippen LogP contribution in [0, 0.1) is 0 Å². The number of guanidine groups is 1. The predicted octanol–water partition coefficient (Wildman–Crippen LogP) is 2.51. The number of aliphatic imine (C=N–C) groups is 1. The highest BCUT2D eigenvalue weighted by Crippen LogP contribution is 2.16. The van der Waals surface area contributed by atoms with E-state index < -0.39 is 0 Å². The molecule has 2 rings (SSSR count). The minimum absolute atomic E-state index is 0.434. The van der Waals surface area contributed by atoms with Crippen molar-refractivity contribution < 1.29 is 4.74 Å². The second kappa shape index (κ2) is 9.68. The zero-order valence-corrected chi connectivity index (χ0v) is 13.5. The van der Waals surface area contributed by atoms with Gasteiger partial charge in [0, 0.05) is 37.4 Å². The molecule has 0 aromatic heterocycles. The molecule has 1 saturated heterocycles. The highest BCUT2D eigenvalue weighted by atomic mass is 32.2. The van der Waals surface area contributed by atoms with Gasteiger partial charge in [0.2, 0.25) is 0 Å². The number of ether oxygens (including phenoxy) is 1. The van der Waals surface area contributed by atoms with Crippen LogP contribution in [0.25, 0.3) is 0 Å². The van der Waals surface area contributed by atoms with Gasteiger partial charge in [-0.25, -0.2) is 0 Å². The lowest BCUT2D eigenvalue weighted by molar-refractivity contribution is 0.105. The Kier molecular flexibility index (Phi) is 7.46.